The van der Waals surface area contributed by atoms with E-state index in [0.717, 1.165) is 47.4 Å². The smallest absolute Gasteiger partial charge is 0.244 e. The van der Waals surface area contributed by atoms with Crippen LogP contribution in [0.15, 0.2) is 42.5 Å². The minimum Gasteiger partial charge on any atom is -0.352 e. The summed E-state index contributed by atoms with van der Waals surface area (Å²) >= 11 is 0. The van der Waals surface area contributed by atoms with Gasteiger partial charge in [-0.15, -0.1) is 0 Å². The van der Waals surface area contributed by atoms with E-state index in [9.17, 15) is 22.4 Å². The zero-order valence-electron chi connectivity index (χ0n) is 20.8. The molecule has 1 atom stereocenters. The Kier molecular flexibility index (Phi) is 8.53. The van der Waals surface area contributed by atoms with Gasteiger partial charge in [0, 0.05) is 12.6 Å². The van der Waals surface area contributed by atoms with Crippen LogP contribution in [0.3, 0.4) is 0 Å². The lowest BCUT2D eigenvalue weighted by Crippen LogP contribution is -2.52. The Morgan fingerprint density at radius 2 is 1.69 bits per heavy atom. The summed E-state index contributed by atoms with van der Waals surface area (Å²) in [7, 11) is -3.78. The number of rotatable bonds is 9. The van der Waals surface area contributed by atoms with Gasteiger partial charge in [-0.25, -0.2) is 12.8 Å². The van der Waals surface area contributed by atoms with E-state index >= 15 is 0 Å². The number of aryl methyl sites for hydroxylation is 2. The van der Waals surface area contributed by atoms with Crippen molar-refractivity contribution >= 4 is 27.5 Å². The fourth-order valence-electron chi connectivity index (χ4n) is 4.26. The van der Waals surface area contributed by atoms with Crippen LogP contribution < -0.4 is 9.62 Å². The molecule has 3 rings (SSSR count). The monoisotopic (exact) mass is 503 g/mol. The first kappa shape index (κ1) is 26.7. The largest absolute Gasteiger partial charge is 0.352 e. The van der Waals surface area contributed by atoms with Gasteiger partial charge in [0.15, 0.2) is 0 Å². The molecule has 1 aliphatic carbocycles. The number of sulfonamides is 1. The van der Waals surface area contributed by atoms with Crippen LogP contribution >= 0.6 is 0 Å². The molecule has 9 heteroatoms. The molecule has 2 aromatic rings. The van der Waals surface area contributed by atoms with Crippen molar-refractivity contribution in [2.45, 2.75) is 65.1 Å². The lowest BCUT2D eigenvalue weighted by molar-refractivity contribution is -0.139. The third-order valence-corrected chi connectivity index (χ3v) is 7.73. The van der Waals surface area contributed by atoms with Gasteiger partial charge in [-0.3, -0.25) is 13.9 Å². The Bertz CT molecular complexity index is 1160. The highest BCUT2D eigenvalue weighted by molar-refractivity contribution is 7.92. The first-order valence-corrected chi connectivity index (χ1v) is 13.7. The van der Waals surface area contributed by atoms with Crippen LogP contribution in [-0.4, -0.2) is 50.0 Å². The number of hydrogen-bond donors (Lipinski definition) is 1. The van der Waals surface area contributed by atoms with Crippen molar-refractivity contribution < 1.29 is 22.4 Å². The van der Waals surface area contributed by atoms with Crippen molar-refractivity contribution in [2.75, 3.05) is 17.1 Å². The predicted molar refractivity (Wildman–Crippen MR) is 135 cm³/mol. The molecule has 0 heterocycles. The molecule has 2 aromatic carbocycles. The molecule has 1 saturated carbocycles. The van der Waals surface area contributed by atoms with Gasteiger partial charge in [0.05, 0.1) is 11.9 Å². The minimum atomic E-state index is -3.78. The molecular weight excluding hydrogens is 469 g/mol. The second-order valence-electron chi connectivity index (χ2n) is 9.35. The number of benzene rings is 2. The number of amides is 2. The van der Waals surface area contributed by atoms with E-state index in [1.165, 1.54) is 17.0 Å². The Labute approximate surface area is 207 Å². The van der Waals surface area contributed by atoms with Crippen LogP contribution in [0.4, 0.5) is 10.1 Å². The van der Waals surface area contributed by atoms with E-state index in [2.05, 4.69) is 5.32 Å². The fourth-order valence-corrected chi connectivity index (χ4v) is 5.10. The van der Waals surface area contributed by atoms with Crippen LogP contribution in [0.25, 0.3) is 0 Å². The maximum atomic E-state index is 13.5. The predicted octanol–water partition coefficient (Wildman–Crippen LogP) is 3.68. The van der Waals surface area contributed by atoms with Crippen molar-refractivity contribution in [3.63, 3.8) is 0 Å². The third-order valence-electron chi connectivity index (χ3n) is 6.59. The Morgan fingerprint density at radius 3 is 2.26 bits per heavy atom. The molecule has 7 nitrogen and oxygen atoms in total. The molecule has 1 N–H and O–H groups in total. The molecule has 0 bridgehead atoms. The lowest BCUT2D eigenvalue weighted by Gasteiger charge is -2.32. The molecule has 0 aliphatic heterocycles. The zero-order valence-corrected chi connectivity index (χ0v) is 21.6. The Hall–Kier alpha value is -2.94. The highest BCUT2D eigenvalue weighted by atomic mass is 32.2. The van der Waals surface area contributed by atoms with Crippen LogP contribution in [0.1, 0.15) is 49.3 Å². The summed E-state index contributed by atoms with van der Waals surface area (Å²) in [6, 6.07) is 10.1. The van der Waals surface area contributed by atoms with Crippen molar-refractivity contribution in [1.82, 2.24) is 10.2 Å². The number of nitrogens with one attached hydrogen (secondary N) is 1. The van der Waals surface area contributed by atoms with Crippen molar-refractivity contribution in [3.05, 3.63) is 65.0 Å². The summed E-state index contributed by atoms with van der Waals surface area (Å²) in [5.41, 5.74) is 2.92. The van der Waals surface area contributed by atoms with E-state index in [1.54, 1.807) is 37.3 Å². The molecule has 0 spiro atoms. The van der Waals surface area contributed by atoms with Gasteiger partial charge >= 0.3 is 0 Å². The quantitative estimate of drug-likeness (QED) is 0.566. The van der Waals surface area contributed by atoms with E-state index < -0.39 is 34.3 Å². The average Bonchev–Trinajstić information content (AvgIpc) is 3.30. The Balaban J connectivity index is 1.88. The van der Waals surface area contributed by atoms with Crippen molar-refractivity contribution in [2.24, 2.45) is 0 Å². The molecule has 0 aromatic heterocycles. The van der Waals surface area contributed by atoms with E-state index in [-0.39, 0.29) is 18.5 Å². The molecule has 0 unspecified atom stereocenters. The van der Waals surface area contributed by atoms with Crippen LogP contribution in [0.5, 0.6) is 0 Å². The summed E-state index contributed by atoms with van der Waals surface area (Å²) in [5, 5.41) is 3.01. The second-order valence-corrected chi connectivity index (χ2v) is 11.3. The van der Waals surface area contributed by atoms with Gasteiger partial charge < -0.3 is 10.2 Å². The summed E-state index contributed by atoms with van der Waals surface area (Å²) < 4.78 is 39.8. The normalized spacial score (nSPS) is 15.0. The van der Waals surface area contributed by atoms with Gasteiger partial charge in [-0.05, 0) is 74.6 Å². The molecule has 190 valence electrons. The average molecular weight is 504 g/mol. The maximum absolute atomic E-state index is 13.5. The molecule has 1 aliphatic rings. The zero-order chi connectivity index (χ0) is 25.8. The number of hydrogen-bond acceptors (Lipinski definition) is 4. The topological polar surface area (TPSA) is 86.8 Å². The fraction of sp³-hybridized carbons (Fsp3) is 0.462. The van der Waals surface area contributed by atoms with Crippen molar-refractivity contribution in [3.8, 4) is 0 Å². The van der Waals surface area contributed by atoms with Gasteiger partial charge in [-0.1, -0.05) is 31.0 Å². The second kappa shape index (κ2) is 11.2. The third kappa shape index (κ3) is 7.04. The number of carbonyl (C=O) groups is 2. The van der Waals surface area contributed by atoms with Gasteiger partial charge in [0.2, 0.25) is 21.8 Å². The first-order valence-electron chi connectivity index (χ1n) is 11.8. The lowest BCUT2D eigenvalue weighted by atomic mass is 10.1. The molecule has 2 amide bonds. The minimum absolute atomic E-state index is 0.0445. The SMILES string of the molecule is Cc1ccc(N(CC(=O)N(Cc2ccc(F)cc2)[C@H](C)C(=O)NC2CCCC2)S(C)(=O)=O)cc1C. The highest BCUT2D eigenvalue weighted by Gasteiger charge is 2.31. The standard InChI is InChI=1S/C26H34FN3O4S/c1-18-9-14-24(15-19(18)2)30(35(4,33)34)17-25(31)29(16-21-10-12-22(27)13-11-21)20(3)26(32)28-23-7-5-6-8-23/h9-15,20,23H,5-8,16-17H2,1-4H3,(H,28,32)/t20-/m1/s1. The van der Waals surface area contributed by atoms with E-state index in [1.807, 2.05) is 13.8 Å². The molecular formula is C26H34FN3O4S. The highest BCUT2D eigenvalue weighted by Crippen LogP contribution is 2.23. The number of carbonyl (C=O) groups excluding carboxylic acids is 2. The van der Waals surface area contributed by atoms with Gasteiger partial charge in [0.25, 0.3) is 0 Å². The summed E-state index contributed by atoms with van der Waals surface area (Å²) in [5.74, 6) is -1.21. The van der Waals surface area contributed by atoms with Crippen LogP contribution in [-0.2, 0) is 26.2 Å². The van der Waals surface area contributed by atoms with Gasteiger partial charge in [-0.2, -0.15) is 0 Å². The summed E-state index contributed by atoms with van der Waals surface area (Å²) in [6.45, 7) is 5.01. The van der Waals surface area contributed by atoms with Crippen LogP contribution in [0.2, 0.25) is 0 Å². The maximum Gasteiger partial charge on any atom is 0.244 e. The number of anilines is 1. The molecule has 0 radical (unpaired) electrons. The number of nitrogens with zero attached hydrogens (tertiary/aromatic N) is 2. The van der Waals surface area contributed by atoms with Crippen molar-refractivity contribution in [1.29, 1.82) is 0 Å². The van der Waals surface area contributed by atoms with Crippen LogP contribution in [0, 0.1) is 19.7 Å². The summed E-state index contributed by atoms with van der Waals surface area (Å²) in [4.78, 5) is 27.9. The Morgan fingerprint density at radius 1 is 1.06 bits per heavy atom. The van der Waals surface area contributed by atoms with E-state index in [4.69, 9.17) is 0 Å². The molecule has 35 heavy (non-hydrogen) atoms. The number of halogens is 1. The molecule has 0 saturated heterocycles. The molecule has 1 fully saturated rings. The van der Waals surface area contributed by atoms with Gasteiger partial charge in [0.1, 0.15) is 18.4 Å². The van der Waals surface area contributed by atoms with E-state index in [0.29, 0.717) is 11.3 Å². The first-order chi connectivity index (χ1) is 16.5. The summed E-state index contributed by atoms with van der Waals surface area (Å²) in [6.07, 6.45) is 4.96.